The summed E-state index contributed by atoms with van der Waals surface area (Å²) in [4.78, 5) is 19.3. The average Bonchev–Trinajstić information content (AvgIpc) is 2.60. The number of benzene rings is 2. The predicted octanol–water partition coefficient (Wildman–Crippen LogP) is 3.34. The van der Waals surface area contributed by atoms with Crippen LogP contribution in [0.1, 0.15) is 10.4 Å². The lowest BCUT2D eigenvalue weighted by Gasteiger charge is -2.13. The molecule has 0 saturated heterocycles. The Kier molecular flexibility index (Phi) is 5.06. The van der Waals surface area contributed by atoms with Gasteiger partial charge < -0.3 is 15.0 Å². The molecule has 0 aliphatic heterocycles. The van der Waals surface area contributed by atoms with E-state index in [2.05, 4.69) is 5.32 Å². The van der Waals surface area contributed by atoms with Crippen LogP contribution < -0.4 is 10.1 Å². The SMILES string of the molecule is COc1cccc2c(Cl)c3cccc(C(=O)NCCN(C)C)c3nc12. The zero-order chi connectivity index (χ0) is 18.0. The van der Waals surface area contributed by atoms with Crippen LogP contribution in [0.3, 0.4) is 0 Å². The highest BCUT2D eigenvalue weighted by molar-refractivity contribution is 6.40. The third-order valence-corrected chi connectivity index (χ3v) is 4.45. The fourth-order valence-corrected chi connectivity index (χ4v) is 3.05. The Morgan fingerprint density at radius 2 is 1.84 bits per heavy atom. The van der Waals surface area contributed by atoms with Crippen LogP contribution in [0.4, 0.5) is 0 Å². The topological polar surface area (TPSA) is 54.5 Å². The quantitative estimate of drug-likeness (QED) is 0.711. The van der Waals surface area contributed by atoms with Gasteiger partial charge in [0.2, 0.25) is 0 Å². The maximum atomic E-state index is 12.6. The zero-order valence-corrected chi connectivity index (χ0v) is 15.2. The van der Waals surface area contributed by atoms with Crippen LogP contribution in [0.2, 0.25) is 5.02 Å². The predicted molar refractivity (Wildman–Crippen MR) is 102 cm³/mol. The van der Waals surface area contributed by atoms with Gasteiger partial charge in [0.15, 0.2) is 0 Å². The highest BCUT2D eigenvalue weighted by Crippen LogP contribution is 2.35. The Balaban J connectivity index is 2.13. The van der Waals surface area contributed by atoms with Crippen LogP contribution in [0.5, 0.6) is 5.75 Å². The summed E-state index contributed by atoms with van der Waals surface area (Å²) in [6.07, 6.45) is 0. The minimum Gasteiger partial charge on any atom is -0.494 e. The first-order valence-electron chi connectivity index (χ1n) is 8.00. The Hall–Kier alpha value is -2.37. The average molecular weight is 358 g/mol. The largest absolute Gasteiger partial charge is 0.494 e. The molecule has 3 rings (SSSR count). The van der Waals surface area contributed by atoms with Gasteiger partial charge in [0.25, 0.3) is 5.91 Å². The number of likely N-dealkylation sites (N-methyl/N-ethyl adjacent to an activating group) is 1. The van der Waals surface area contributed by atoms with E-state index < -0.39 is 0 Å². The molecule has 0 saturated carbocycles. The molecule has 25 heavy (non-hydrogen) atoms. The van der Waals surface area contributed by atoms with E-state index in [0.29, 0.717) is 33.9 Å². The highest BCUT2D eigenvalue weighted by Gasteiger charge is 2.16. The lowest BCUT2D eigenvalue weighted by Crippen LogP contribution is -2.31. The van der Waals surface area contributed by atoms with Gasteiger partial charge in [-0.2, -0.15) is 0 Å². The molecule has 6 heteroatoms. The molecule has 1 aromatic heterocycles. The first kappa shape index (κ1) is 17.5. The maximum absolute atomic E-state index is 12.6. The summed E-state index contributed by atoms with van der Waals surface area (Å²) in [7, 11) is 5.52. The van der Waals surface area contributed by atoms with Crippen LogP contribution in [-0.4, -0.2) is 50.1 Å². The normalized spacial score (nSPS) is 11.2. The number of pyridine rings is 1. The summed E-state index contributed by atoms with van der Waals surface area (Å²) in [5, 5.41) is 5.05. The monoisotopic (exact) mass is 357 g/mol. The van der Waals surface area contributed by atoms with Crippen molar-refractivity contribution in [2.45, 2.75) is 0 Å². The first-order chi connectivity index (χ1) is 12.0. The van der Waals surface area contributed by atoms with Gasteiger partial charge in [-0.3, -0.25) is 4.79 Å². The summed E-state index contributed by atoms with van der Waals surface area (Å²) in [5.74, 6) is 0.467. The molecular formula is C19H20ClN3O2. The first-order valence-corrected chi connectivity index (χ1v) is 8.38. The van der Waals surface area contributed by atoms with E-state index in [0.717, 1.165) is 17.3 Å². The second kappa shape index (κ2) is 7.25. The summed E-state index contributed by atoms with van der Waals surface area (Å²) in [6, 6.07) is 11.1. The molecule has 5 nitrogen and oxygen atoms in total. The molecule has 0 aliphatic carbocycles. The standard InChI is InChI=1S/C19H20ClN3O2/c1-23(2)11-10-21-19(24)14-8-4-6-12-16(20)13-7-5-9-15(25-3)18(13)22-17(12)14/h4-9H,10-11H2,1-3H3,(H,21,24). The minimum absolute atomic E-state index is 0.162. The van der Waals surface area contributed by atoms with E-state index in [4.69, 9.17) is 21.3 Å². The summed E-state index contributed by atoms with van der Waals surface area (Å²) in [5.41, 5.74) is 1.73. The fraction of sp³-hybridized carbons (Fsp3) is 0.263. The number of ether oxygens (including phenoxy) is 1. The molecule has 0 fully saturated rings. The van der Waals surface area contributed by atoms with Crippen LogP contribution >= 0.6 is 11.6 Å². The van der Waals surface area contributed by atoms with E-state index >= 15 is 0 Å². The molecule has 0 atom stereocenters. The highest BCUT2D eigenvalue weighted by atomic mass is 35.5. The number of carbonyl (C=O) groups excluding carboxylic acids is 1. The number of nitrogens with one attached hydrogen (secondary N) is 1. The van der Waals surface area contributed by atoms with Gasteiger partial charge in [-0.1, -0.05) is 35.9 Å². The molecule has 1 N–H and O–H groups in total. The zero-order valence-electron chi connectivity index (χ0n) is 14.5. The van der Waals surface area contributed by atoms with E-state index in [1.54, 1.807) is 13.2 Å². The Bertz CT molecular complexity index is 941. The Morgan fingerprint density at radius 3 is 2.52 bits per heavy atom. The lowest BCUT2D eigenvalue weighted by atomic mass is 10.1. The lowest BCUT2D eigenvalue weighted by molar-refractivity contribution is 0.0952. The molecule has 0 unspecified atom stereocenters. The summed E-state index contributed by atoms with van der Waals surface area (Å²) in [6.45, 7) is 1.33. The number of hydrogen-bond acceptors (Lipinski definition) is 4. The summed E-state index contributed by atoms with van der Waals surface area (Å²) < 4.78 is 5.40. The van der Waals surface area contributed by atoms with Gasteiger partial charge >= 0.3 is 0 Å². The van der Waals surface area contributed by atoms with Gasteiger partial charge in [0, 0.05) is 23.9 Å². The number of halogens is 1. The number of para-hydroxylation sites is 2. The molecule has 3 aromatic rings. The van der Waals surface area contributed by atoms with Gasteiger partial charge in [-0.05, 0) is 26.2 Å². The molecule has 1 heterocycles. The number of nitrogens with zero attached hydrogens (tertiary/aromatic N) is 2. The molecule has 0 aliphatic rings. The molecule has 0 bridgehead atoms. The second-order valence-electron chi connectivity index (χ2n) is 6.04. The molecule has 1 amide bonds. The van der Waals surface area contributed by atoms with Gasteiger partial charge in [-0.15, -0.1) is 0 Å². The molecule has 130 valence electrons. The van der Waals surface area contributed by atoms with Crippen molar-refractivity contribution in [1.29, 1.82) is 0 Å². The molecule has 2 aromatic carbocycles. The number of hydrogen-bond donors (Lipinski definition) is 1. The van der Waals surface area contributed by atoms with Crippen molar-refractivity contribution in [3.8, 4) is 5.75 Å². The van der Waals surface area contributed by atoms with E-state index in [1.165, 1.54) is 0 Å². The third-order valence-electron chi connectivity index (χ3n) is 4.04. The van der Waals surface area contributed by atoms with Crippen LogP contribution in [-0.2, 0) is 0 Å². The van der Waals surface area contributed by atoms with Gasteiger partial charge in [0.1, 0.15) is 11.3 Å². The number of aromatic nitrogens is 1. The maximum Gasteiger partial charge on any atom is 0.253 e. The second-order valence-corrected chi connectivity index (χ2v) is 6.42. The van der Waals surface area contributed by atoms with Crippen molar-refractivity contribution in [3.63, 3.8) is 0 Å². The van der Waals surface area contributed by atoms with Crippen molar-refractivity contribution < 1.29 is 9.53 Å². The van der Waals surface area contributed by atoms with Crippen molar-refractivity contribution in [3.05, 3.63) is 47.0 Å². The van der Waals surface area contributed by atoms with Crippen LogP contribution in [0.25, 0.3) is 21.8 Å². The van der Waals surface area contributed by atoms with E-state index in [1.807, 2.05) is 49.3 Å². The number of amides is 1. The van der Waals surface area contributed by atoms with Gasteiger partial charge in [0.05, 0.1) is 23.2 Å². The van der Waals surface area contributed by atoms with Crippen molar-refractivity contribution >= 4 is 39.3 Å². The summed E-state index contributed by atoms with van der Waals surface area (Å²) >= 11 is 6.59. The van der Waals surface area contributed by atoms with E-state index in [-0.39, 0.29) is 5.91 Å². The Morgan fingerprint density at radius 1 is 1.16 bits per heavy atom. The van der Waals surface area contributed by atoms with Crippen molar-refractivity contribution in [2.75, 3.05) is 34.3 Å². The van der Waals surface area contributed by atoms with Crippen LogP contribution in [0, 0.1) is 0 Å². The van der Waals surface area contributed by atoms with Gasteiger partial charge in [-0.25, -0.2) is 4.98 Å². The fourth-order valence-electron chi connectivity index (χ4n) is 2.75. The molecular weight excluding hydrogens is 338 g/mol. The molecule has 0 radical (unpaired) electrons. The smallest absolute Gasteiger partial charge is 0.253 e. The van der Waals surface area contributed by atoms with Crippen molar-refractivity contribution in [1.82, 2.24) is 15.2 Å². The number of methoxy groups -OCH3 is 1. The third kappa shape index (κ3) is 3.38. The number of rotatable bonds is 5. The number of fused-ring (bicyclic) bond motifs is 2. The van der Waals surface area contributed by atoms with E-state index in [9.17, 15) is 4.79 Å². The van der Waals surface area contributed by atoms with Crippen molar-refractivity contribution in [2.24, 2.45) is 0 Å². The molecule has 0 spiro atoms. The van der Waals surface area contributed by atoms with Crippen LogP contribution in [0.15, 0.2) is 36.4 Å². The number of carbonyl (C=O) groups is 1. The minimum atomic E-state index is -0.162. The Labute approximate surface area is 151 Å².